The van der Waals surface area contributed by atoms with Crippen molar-refractivity contribution in [2.75, 3.05) is 0 Å². The third-order valence-corrected chi connectivity index (χ3v) is 7.31. The molecule has 8 rings (SSSR count). The highest BCUT2D eigenvalue weighted by Crippen LogP contribution is 2.42. The minimum absolute atomic E-state index is 0. The van der Waals surface area contributed by atoms with E-state index >= 15 is 0 Å². The van der Waals surface area contributed by atoms with Crippen molar-refractivity contribution in [3.63, 3.8) is 0 Å². The van der Waals surface area contributed by atoms with Gasteiger partial charge in [-0.05, 0) is 101 Å². The van der Waals surface area contributed by atoms with Gasteiger partial charge < -0.3 is 9.97 Å². The fraction of sp³-hybridized carbons (Fsp3) is 0.0303. The molecular formula is C33H22N4Si. The first-order valence-corrected chi connectivity index (χ1v) is 12.5. The quantitative estimate of drug-likeness (QED) is 0.228. The summed E-state index contributed by atoms with van der Waals surface area (Å²) in [4.78, 5) is 16.8. The van der Waals surface area contributed by atoms with Crippen LogP contribution in [0.1, 0.15) is 33.9 Å². The molecule has 1 aliphatic carbocycles. The van der Waals surface area contributed by atoms with Gasteiger partial charge in [-0.1, -0.05) is 42.5 Å². The lowest BCUT2D eigenvalue weighted by atomic mass is 9.96. The second kappa shape index (κ2) is 8.68. The second-order valence-corrected chi connectivity index (χ2v) is 9.75. The Balaban J connectivity index is 0.00000242. The van der Waals surface area contributed by atoms with Crippen molar-refractivity contribution >= 4 is 57.3 Å². The summed E-state index contributed by atoms with van der Waals surface area (Å²) < 4.78 is 0. The molecule has 3 aliphatic rings. The summed E-state index contributed by atoms with van der Waals surface area (Å²) in [6.07, 6.45) is 9.12. The number of fused-ring (bicyclic) bond motifs is 11. The molecule has 0 amide bonds. The predicted molar refractivity (Wildman–Crippen MR) is 158 cm³/mol. The molecule has 0 atom stereocenters. The number of hydrogen-bond acceptors (Lipinski definition) is 2. The molecule has 4 radical (unpaired) electrons. The SMILES string of the molecule is C1=Cc2cc3ccc(cc4cc(-c5cccc6c5Cc5ccccc5-6)c(cc5nc(cc1n2)C=C5)[nH]4)[nH]3.[Si]. The average Bonchev–Trinajstić information content (AvgIpc) is 3.72. The van der Waals surface area contributed by atoms with E-state index in [1.165, 1.54) is 33.4 Å². The van der Waals surface area contributed by atoms with Crippen molar-refractivity contribution in [1.82, 2.24) is 19.9 Å². The van der Waals surface area contributed by atoms with Crippen LogP contribution in [0, 0.1) is 0 Å². The Morgan fingerprint density at radius 3 is 1.92 bits per heavy atom. The molecule has 0 fully saturated rings. The van der Waals surface area contributed by atoms with Crippen molar-refractivity contribution in [2.24, 2.45) is 0 Å². The van der Waals surface area contributed by atoms with E-state index in [2.05, 4.69) is 94.9 Å². The number of H-pyrrole nitrogens is 2. The van der Waals surface area contributed by atoms with Gasteiger partial charge in [0.15, 0.2) is 0 Å². The number of nitrogens with zero attached hydrogens (tertiary/aromatic N) is 2. The molecule has 2 aliphatic heterocycles. The maximum Gasteiger partial charge on any atom is 0.0659 e. The highest BCUT2D eigenvalue weighted by molar-refractivity contribution is 5.93. The summed E-state index contributed by atoms with van der Waals surface area (Å²) in [5.41, 5.74) is 15.7. The second-order valence-electron chi connectivity index (χ2n) is 9.75. The number of nitrogens with one attached hydrogen (secondary N) is 2. The lowest BCUT2D eigenvalue weighted by Crippen LogP contribution is -1.87. The van der Waals surface area contributed by atoms with Crippen molar-refractivity contribution in [3.05, 3.63) is 119 Å². The Morgan fingerprint density at radius 2 is 1.13 bits per heavy atom. The molecule has 3 aromatic heterocycles. The van der Waals surface area contributed by atoms with Crippen LogP contribution in [0.5, 0.6) is 0 Å². The molecule has 2 N–H and O–H groups in total. The monoisotopic (exact) mass is 502 g/mol. The molecule has 0 spiro atoms. The summed E-state index contributed by atoms with van der Waals surface area (Å²) >= 11 is 0. The van der Waals surface area contributed by atoms with E-state index in [-0.39, 0.29) is 11.0 Å². The lowest BCUT2D eigenvalue weighted by molar-refractivity contribution is 1.26. The molecule has 5 heterocycles. The van der Waals surface area contributed by atoms with Crippen LogP contribution in [0.15, 0.2) is 84.9 Å². The Labute approximate surface area is 224 Å². The van der Waals surface area contributed by atoms with E-state index in [1.807, 2.05) is 24.3 Å². The molecule has 178 valence electrons. The molecule has 0 saturated heterocycles. The van der Waals surface area contributed by atoms with Gasteiger partial charge in [0.1, 0.15) is 0 Å². The molecule has 0 unspecified atom stereocenters. The maximum absolute atomic E-state index is 4.86. The van der Waals surface area contributed by atoms with Gasteiger partial charge in [-0.25, -0.2) is 9.97 Å². The Kier molecular flexibility index (Phi) is 5.13. The van der Waals surface area contributed by atoms with E-state index in [1.54, 1.807) is 0 Å². The Bertz CT molecular complexity index is 1970. The fourth-order valence-corrected chi connectivity index (χ4v) is 5.65. The van der Waals surface area contributed by atoms with Crippen LogP contribution in [-0.4, -0.2) is 30.9 Å². The summed E-state index contributed by atoms with van der Waals surface area (Å²) in [7, 11) is 0. The fourth-order valence-electron chi connectivity index (χ4n) is 5.65. The zero-order chi connectivity index (χ0) is 24.3. The van der Waals surface area contributed by atoms with Gasteiger partial charge in [0.25, 0.3) is 0 Å². The smallest absolute Gasteiger partial charge is 0.0659 e. The minimum Gasteiger partial charge on any atom is -0.355 e. The molecule has 5 aromatic rings. The maximum atomic E-state index is 4.86. The van der Waals surface area contributed by atoms with Gasteiger partial charge in [0.2, 0.25) is 0 Å². The summed E-state index contributed by atoms with van der Waals surface area (Å²) in [5, 5.41) is 0. The van der Waals surface area contributed by atoms with Crippen molar-refractivity contribution in [2.45, 2.75) is 6.42 Å². The van der Waals surface area contributed by atoms with E-state index in [0.29, 0.717) is 0 Å². The van der Waals surface area contributed by atoms with Gasteiger partial charge in [-0.2, -0.15) is 0 Å². The van der Waals surface area contributed by atoms with Gasteiger partial charge in [-0.3, -0.25) is 0 Å². The Morgan fingerprint density at radius 1 is 0.500 bits per heavy atom. The van der Waals surface area contributed by atoms with Gasteiger partial charge in [0, 0.05) is 38.6 Å². The van der Waals surface area contributed by atoms with Crippen LogP contribution in [0.3, 0.4) is 0 Å². The number of hydrogen-bond donors (Lipinski definition) is 2. The van der Waals surface area contributed by atoms with Gasteiger partial charge in [-0.15, -0.1) is 0 Å². The van der Waals surface area contributed by atoms with Crippen LogP contribution in [-0.2, 0) is 6.42 Å². The van der Waals surface area contributed by atoms with Crippen molar-refractivity contribution in [3.8, 4) is 22.3 Å². The molecular weight excluding hydrogens is 480 g/mol. The highest BCUT2D eigenvalue weighted by Gasteiger charge is 2.22. The van der Waals surface area contributed by atoms with Crippen LogP contribution in [0.25, 0.3) is 68.6 Å². The van der Waals surface area contributed by atoms with Crippen LogP contribution < -0.4 is 0 Å². The van der Waals surface area contributed by atoms with Gasteiger partial charge in [0.05, 0.1) is 22.8 Å². The van der Waals surface area contributed by atoms with Crippen molar-refractivity contribution < 1.29 is 0 Å². The third-order valence-electron chi connectivity index (χ3n) is 7.31. The average molecular weight is 503 g/mol. The zero-order valence-electron chi connectivity index (χ0n) is 20.5. The lowest BCUT2D eigenvalue weighted by Gasteiger charge is -2.07. The normalized spacial score (nSPS) is 12.7. The molecule has 8 bridgehead atoms. The number of aromatic nitrogens is 4. The van der Waals surface area contributed by atoms with Crippen LogP contribution in [0.4, 0.5) is 0 Å². The summed E-state index contributed by atoms with van der Waals surface area (Å²) in [5.74, 6) is 0. The number of rotatable bonds is 1. The zero-order valence-corrected chi connectivity index (χ0v) is 21.5. The largest absolute Gasteiger partial charge is 0.355 e. The summed E-state index contributed by atoms with van der Waals surface area (Å²) in [6, 6.07) is 30.2. The van der Waals surface area contributed by atoms with Gasteiger partial charge >= 0.3 is 0 Å². The molecule has 5 heteroatoms. The Hall–Kier alpha value is -4.74. The van der Waals surface area contributed by atoms with Crippen molar-refractivity contribution in [1.29, 1.82) is 0 Å². The standard InChI is InChI=1S/C33H22N4.Si/c1-2-5-28-20(4-1)14-31-29(28)6-3-7-30(31)32-18-27-17-25-11-10-23(35-25)15-21-8-9-22(34-21)16-24-12-13-26(36-24)19-33(32)37-27;/h1-13,15-19,35,37H,14H2;. The van der Waals surface area contributed by atoms with Crippen LogP contribution >= 0.6 is 0 Å². The summed E-state index contributed by atoms with van der Waals surface area (Å²) in [6.45, 7) is 0. The predicted octanol–water partition coefficient (Wildman–Crippen LogP) is 7.51. The first-order chi connectivity index (χ1) is 18.2. The first kappa shape index (κ1) is 22.5. The highest BCUT2D eigenvalue weighted by atomic mass is 28.1. The topological polar surface area (TPSA) is 57.4 Å². The third kappa shape index (κ3) is 3.76. The van der Waals surface area contributed by atoms with E-state index < -0.39 is 0 Å². The molecule has 2 aromatic carbocycles. The molecule has 38 heavy (non-hydrogen) atoms. The minimum atomic E-state index is 0. The molecule has 4 nitrogen and oxygen atoms in total. The first-order valence-electron chi connectivity index (χ1n) is 12.5. The number of benzene rings is 2. The van der Waals surface area contributed by atoms with E-state index in [0.717, 1.165) is 51.3 Å². The van der Waals surface area contributed by atoms with E-state index in [9.17, 15) is 0 Å². The number of aromatic amines is 2. The van der Waals surface area contributed by atoms with Crippen LogP contribution in [0.2, 0.25) is 0 Å². The molecule has 0 saturated carbocycles. The van der Waals surface area contributed by atoms with E-state index in [4.69, 9.17) is 9.97 Å².